The van der Waals surface area contributed by atoms with E-state index in [9.17, 15) is 4.79 Å². The second kappa shape index (κ2) is 13.7. The zero-order chi connectivity index (χ0) is 28.5. The molecular weight excluding hydrogens is 492 g/mol. The third-order valence-electron chi connectivity index (χ3n) is 7.32. The first kappa shape index (κ1) is 29.6. The molecule has 8 nitrogen and oxygen atoms in total. The molecule has 0 saturated heterocycles. The Labute approximate surface area is 231 Å². The van der Waals surface area contributed by atoms with E-state index in [0.717, 1.165) is 29.6 Å². The van der Waals surface area contributed by atoms with Gasteiger partial charge >= 0.3 is 0 Å². The zero-order valence-corrected chi connectivity index (χ0v) is 24.4. The van der Waals surface area contributed by atoms with E-state index >= 15 is 0 Å². The molecular formula is C31H40N4O4. The molecule has 0 aliphatic heterocycles. The number of nitrogens with one attached hydrogen (secondary N) is 1. The van der Waals surface area contributed by atoms with Crippen LogP contribution in [0.15, 0.2) is 79.2 Å². The molecule has 208 valence electrons. The molecule has 39 heavy (non-hydrogen) atoms. The molecule has 2 aliphatic carbocycles. The second-order valence-corrected chi connectivity index (χ2v) is 10.0. The predicted octanol–water partition coefficient (Wildman–Crippen LogP) is 6.12. The Morgan fingerprint density at radius 3 is 2.08 bits per heavy atom. The summed E-state index contributed by atoms with van der Waals surface area (Å²) >= 11 is 0. The largest absolute Gasteiger partial charge is 0.399 e. The van der Waals surface area contributed by atoms with E-state index in [4.69, 9.17) is 14.5 Å². The normalized spacial score (nSPS) is 17.3. The van der Waals surface area contributed by atoms with E-state index in [2.05, 4.69) is 66.7 Å². The lowest BCUT2D eigenvalue weighted by atomic mass is 9.85. The Balaban J connectivity index is 1.80. The van der Waals surface area contributed by atoms with Gasteiger partial charge in [0.05, 0.1) is 0 Å². The molecule has 1 amide bonds. The van der Waals surface area contributed by atoms with Crippen molar-refractivity contribution in [3.05, 3.63) is 74.9 Å². The number of hydrogen-bond donors (Lipinski definition) is 1. The first-order valence-corrected chi connectivity index (χ1v) is 13.1. The van der Waals surface area contributed by atoms with Crippen molar-refractivity contribution in [3.8, 4) is 0 Å². The van der Waals surface area contributed by atoms with Gasteiger partial charge in [0.1, 0.15) is 32.2 Å². The van der Waals surface area contributed by atoms with E-state index < -0.39 is 0 Å². The van der Waals surface area contributed by atoms with Gasteiger partial charge < -0.3 is 19.8 Å². The van der Waals surface area contributed by atoms with Gasteiger partial charge in [-0.3, -0.25) is 4.79 Å². The highest BCUT2D eigenvalue weighted by Crippen LogP contribution is 2.32. The SMILES string of the molecule is CNC(=O)C(=NOC)C1=C(CON=C(C)C(=NOC)c2ccc(C3=CCC(C)=C(C)C3)cc2)CC(C)=C(C)C1. The Hall–Kier alpha value is -3.94. The van der Waals surface area contributed by atoms with Crippen molar-refractivity contribution < 1.29 is 19.3 Å². The monoisotopic (exact) mass is 532 g/mol. The van der Waals surface area contributed by atoms with Crippen molar-refractivity contribution in [1.29, 1.82) is 0 Å². The highest BCUT2D eigenvalue weighted by atomic mass is 16.6. The quantitative estimate of drug-likeness (QED) is 0.223. The van der Waals surface area contributed by atoms with Crippen LogP contribution in [0.4, 0.5) is 0 Å². The summed E-state index contributed by atoms with van der Waals surface area (Å²) < 4.78 is 0. The molecule has 0 radical (unpaired) electrons. The van der Waals surface area contributed by atoms with Crippen LogP contribution in [0.3, 0.4) is 0 Å². The van der Waals surface area contributed by atoms with Gasteiger partial charge in [-0.25, -0.2) is 0 Å². The number of allylic oxidation sites excluding steroid dienone is 6. The molecule has 0 atom stereocenters. The minimum Gasteiger partial charge on any atom is -0.399 e. The summed E-state index contributed by atoms with van der Waals surface area (Å²) in [6.07, 6.45) is 5.54. The van der Waals surface area contributed by atoms with Crippen molar-refractivity contribution in [2.75, 3.05) is 27.9 Å². The maximum Gasteiger partial charge on any atom is 0.273 e. The highest BCUT2D eigenvalue weighted by Gasteiger charge is 2.25. The standard InChI is InChI=1S/C31H40N4O4/c1-19-9-10-26(15-20(19)2)24-11-13-25(14-12-24)29(34-37-7)23(5)33-39-18-27-16-21(3)22(4)17-28(27)30(35-38-8)31(36)32-6/h10-14H,9,15-18H2,1-8H3,(H,32,36). The van der Waals surface area contributed by atoms with Crippen LogP contribution in [0, 0.1) is 0 Å². The maximum absolute atomic E-state index is 12.5. The van der Waals surface area contributed by atoms with Crippen molar-refractivity contribution in [2.24, 2.45) is 15.5 Å². The third kappa shape index (κ3) is 7.34. The smallest absolute Gasteiger partial charge is 0.273 e. The van der Waals surface area contributed by atoms with Gasteiger partial charge in [-0.2, -0.15) is 0 Å². The number of amides is 1. The van der Waals surface area contributed by atoms with Gasteiger partial charge in [0.25, 0.3) is 5.91 Å². The van der Waals surface area contributed by atoms with Crippen LogP contribution in [0.5, 0.6) is 0 Å². The topological polar surface area (TPSA) is 93.9 Å². The summed E-state index contributed by atoms with van der Waals surface area (Å²) in [6.45, 7) is 10.6. The summed E-state index contributed by atoms with van der Waals surface area (Å²) in [4.78, 5) is 28.4. The average molecular weight is 533 g/mol. The summed E-state index contributed by atoms with van der Waals surface area (Å²) in [6, 6.07) is 8.28. The molecule has 0 saturated carbocycles. The number of carbonyl (C=O) groups excluding carboxylic acids is 1. The van der Waals surface area contributed by atoms with Crippen LogP contribution in [0.25, 0.3) is 5.57 Å². The van der Waals surface area contributed by atoms with E-state index in [1.54, 1.807) is 7.05 Å². The molecule has 0 heterocycles. The molecule has 8 heteroatoms. The van der Waals surface area contributed by atoms with E-state index in [1.165, 1.54) is 47.6 Å². The van der Waals surface area contributed by atoms with Gasteiger partial charge in [0.15, 0.2) is 5.71 Å². The maximum atomic E-state index is 12.5. The van der Waals surface area contributed by atoms with Crippen LogP contribution in [0.2, 0.25) is 0 Å². The van der Waals surface area contributed by atoms with Gasteiger partial charge in [0.2, 0.25) is 0 Å². The minimum absolute atomic E-state index is 0.205. The molecule has 1 aromatic rings. The van der Waals surface area contributed by atoms with Gasteiger partial charge in [-0.15, -0.1) is 0 Å². The Morgan fingerprint density at radius 2 is 1.46 bits per heavy atom. The fourth-order valence-corrected chi connectivity index (χ4v) is 4.64. The molecule has 0 fully saturated rings. The molecule has 2 aliphatic rings. The van der Waals surface area contributed by atoms with Crippen molar-refractivity contribution in [1.82, 2.24) is 5.32 Å². The molecule has 1 aromatic carbocycles. The molecule has 0 spiro atoms. The molecule has 1 N–H and O–H groups in total. The second-order valence-electron chi connectivity index (χ2n) is 10.0. The van der Waals surface area contributed by atoms with Gasteiger partial charge in [-0.05, 0) is 82.6 Å². The number of hydrogen-bond acceptors (Lipinski definition) is 7. The number of benzene rings is 1. The third-order valence-corrected chi connectivity index (χ3v) is 7.32. The van der Waals surface area contributed by atoms with Crippen LogP contribution in [0.1, 0.15) is 71.4 Å². The van der Waals surface area contributed by atoms with Crippen LogP contribution in [-0.4, -0.2) is 50.9 Å². The molecule has 0 aromatic heterocycles. The Morgan fingerprint density at radius 1 is 0.846 bits per heavy atom. The fraction of sp³-hybridized carbons (Fsp3) is 0.419. The lowest BCUT2D eigenvalue weighted by Crippen LogP contribution is -2.31. The summed E-state index contributed by atoms with van der Waals surface area (Å²) in [5.41, 5.74) is 11.9. The van der Waals surface area contributed by atoms with Crippen molar-refractivity contribution >= 4 is 28.6 Å². The summed E-state index contributed by atoms with van der Waals surface area (Å²) in [5, 5.41) is 15.2. The molecule has 0 bridgehead atoms. The zero-order valence-electron chi connectivity index (χ0n) is 24.4. The first-order valence-electron chi connectivity index (χ1n) is 13.1. The van der Waals surface area contributed by atoms with Gasteiger partial charge in [0, 0.05) is 12.6 Å². The van der Waals surface area contributed by atoms with Crippen molar-refractivity contribution in [2.45, 2.75) is 60.3 Å². The van der Waals surface area contributed by atoms with Crippen LogP contribution in [-0.2, 0) is 19.3 Å². The molecule has 0 unspecified atom stereocenters. The Kier molecular flexibility index (Phi) is 10.4. The highest BCUT2D eigenvalue weighted by molar-refractivity contribution is 6.47. The number of rotatable bonds is 10. The summed E-state index contributed by atoms with van der Waals surface area (Å²) in [5.74, 6) is -0.306. The molecule has 3 rings (SSSR count). The minimum atomic E-state index is -0.306. The lowest BCUT2D eigenvalue weighted by Gasteiger charge is -2.22. The first-order chi connectivity index (χ1) is 18.7. The summed E-state index contributed by atoms with van der Waals surface area (Å²) in [7, 11) is 4.51. The number of oxime groups is 3. The van der Waals surface area contributed by atoms with Crippen LogP contribution >= 0.6 is 0 Å². The van der Waals surface area contributed by atoms with Crippen LogP contribution < -0.4 is 5.32 Å². The van der Waals surface area contributed by atoms with E-state index in [1.807, 2.05) is 19.1 Å². The van der Waals surface area contributed by atoms with Crippen molar-refractivity contribution in [3.63, 3.8) is 0 Å². The Bertz CT molecular complexity index is 1310. The van der Waals surface area contributed by atoms with E-state index in [0.29, 0.717) is 24.3 Å². The van der Waals surface area contributed by atoms with Gasteiger partial charge in [-0.1, -0.05) is 68.1 Å². The number of nitrogens with zero attached hydrogens (tertiary/aromatic N) is 3. The average Bonchev–Trinajstić information content (AvgIpc) is 2.93. The van der Waals surface area contributed by atoms with E-state index in [-0.39, 0.29) is 18.2 Å². The lowest BCUT2D eigenvalue weighted by molar-refractivity contribution is -0.114. The number of carbonyl (C=O) groups is 1. The fourth-order valence-electron chi connectivity index (χ4n) is 4.64. The predicted molar refractivity (Wildman–Crippen MR) is 158 cm³/mol.